The molecule has 2 aromatic heterocycles. The van der Waals surface area contributed by atoms with Crippen LogP contribution in [-0.4, -0.2) is 61.2 Å². The van der Waals surface area contributed by atoms with Crippen molar-refractivity contribution in [3.05, 3.63) is 35.2 Å². The Kier molecular flexibility index (Phi) is 7.17. The number of fused-ring (bicyclic) bond motifs is 1. The molecule has 13 nitrogen and oxygen atoms in total. The number of benzene rings is 1. The van der Waals surface area contributed by atoms with Gasteiger partial charge >= 0.3 is 0 Å². The summed E-state index contributed by atoms with van der Waals surface area (Å²) in [7, 11) is 0. The van der Waals surface area contributed by atoms with Crippen LogP contribution in [0.3, 0.4) is 0 Å². The lowest BCUT2D eigenvalue weighted by Gasteiger charge is -2.33. The van der Waals surface area contributed by atoms with Crippen molar-refractivity contribution in [2.24, 2.45) is 5.10 Å². The Morgan fingerprint density at radius 3 is 2.86 bits per heavy atom. The van der Waals surface area contributed by atoms with Gasteiger partial charge in [0.25, 0.3) is 5.91 Å². The highest BCUT2D eigenvalue weighted by molar-refractivity contribution is 6.01. The Balaban J connectivity index is 0.00000289. The van der Waals surface area contributed by atoms with E-state index in [-0.39, 0.29) is 36.5 Å². The van der Waals surface area contributed by atoms with Gasteiger partial charge in [-0.3, -0.25) is 9.69 Å². The van der Waals surface area contributed by atoms with Gasteiger partial charge in [-0.2, -0.15) is 9.78 Å². The number of piperidine rings is 1. The number of nitrogens with zero attached hydrogens (tertiary/aromatic N) is 7. The highest BCUT2D eigenvalue weighted by atomic mass is 35.5. The lowest BCUT2D eigenvalue weighted by atomic mass is 10.0. The molecule has 2 aliphatic heterocycles. The molecular formula is C21H26ClN9O4. The number of hydrazone groups is 1. The van der Waals surface area contributed by atoms with Crippen LogP contribution in [0, 0.1) is 0 Å². The number of nitrogen functional groups attached to an aromatic ring is 1. The van der Waals surface area contributed by atoms with E-state index < -0.39 is 5.91 Å². The third-order valence-electron chi connectivity index (χ3n) is 6.08. The molecule has 1 fully saturated rings. The van der Waals surface area contributed by atoms with Crippen molar-refractivity contribution < 1.29 is 18.9 Å². The molecule has 0 aliphatic carbocycles. The van der Waals surface area contributed by atoms with Gasteiger partial charge in [-0.25, -0.2) is 10.1 Å². The van der Waals surface area contributed by atoms with E-state index >= 15 is 0 Å². The number of hydrogen-bond acceptors (Lipinski definition) is 11. The second-order valence-electron chi connectivity index (χ2n) is 8.29. The summed E-state index contributed by atoms with van der Waals surface area (Å²) in [6.45, 7) is 5.48. The summed E-state index contributed by atoms with van der Waals surface area (Å²) < 4.78 is 16.9. The van der Waals surface area contributed by atoms with Crippen molar-refractivity contribution in [2.75, 3.05) is 19.1 Å². The monoisotopic (exact) mass is 503 g/mol. The van der Waals surface area contributed by atoms with Gasteiger partial charge in [-0.15, -0.1) is 17.5 Å². The fourth-order valence-electron chi connectivity index (χ4n) is 4.09. The zero-order valence-electron chi connectivity index (χ0n) is 19.3. The van der Waals surface area contributed by atoms with Crippen molar-refractivity contribution in [3.8, 4) is 17.3 Å². The topological polar surface area (TPSA) is 159 Å². The summed E-state index contributed by atoms with van der Waals surface area (Å²) in [6.07, 6.45) is 3.34. The largest absolute Gasteiger partial charge is 0.454 e. The molecule has 3 N–H and O–H groups in total. The number of carbonyl (C=O) groups excluding carboxylic acids is 1. The van der Waals surface area contributed by atoms with Crippen LogP contribution in [0.15, 0.2) is 27.9 Å². The Bertz CT molecular complexity index is 1240. The second-order valence-corrected chi connectivity index (χ2v) is 8.29. The van der Waals surface area contributed by atoms with Crippen LogP contribution >= 0.6 is 12.4 Å². The van der Waals surface area contributed by atoms with Gasteiger partial charge < -0.3 is 15.2 Å². The van der Waals surface area contributed by atoms with Gasteiger partial charge in [-0.1, -0.05) is 11.6 Å². The molecule has 35 heavy (non-hydrogen) atoms. The minimum atomic E-state index is -0.499. The maximum Gasteiger partial charge on any atom is 0.293 e. The molecule has 1 amide bonds. The first-order chi connectivity index (χ1) is 16.5. The first-order valence-corrected chi connectivity index (χ1v) is 11.0. The van der Waals surface area contributed by atoms with Crippen molar-refractivity contribution >= 4 is 29.8 Å². The Morgan fingerprint density at radius 2 is 2.09 bits per heavy atom. The van der Waals surface area contributed by atoms with Gasteiger partial charge in [-0.05, 0) is 61.7 Å². The number of nitrogens with two attached hydrogens (primary N) is 1. The smallest absolute Gasteiger partial charge is 0.293 e. The molecule has 3 aromatic rings. The van der Waals surface area contributed by atoms with E-state index in [4.69, 9.17) is 19.8 Å². The predicted octanol–water partition coefficient (Wildman–Crippen LogP) is 1.91. The lowest BCUT2D eigenvalue weighted by Crippen LogP contribution is -2.38. The standard InChI is InChI=1S/C21H25N9O4.ClH/c1-12-5-3-4-8-29(12)10-15-18(24-28-30(15)20-19(22)26-34-27-20)21(31)25-23-13(2)14-6-7-16-17(9-14)33-11-32-16;/h6-7,9,12H,3-5,8,10-11H2,1-2H3,(H2,22,26)(H,25,31);1H/b23-13-;. The predicted molar refractivity (Wildman–Crippen MR) is 127 cm³/mol. The van der Waals surface area contributed by atoms with Gasteiger partial charge in [0.1, 0.15) is 0 Å². The van der Waals surface area contributed by atoms with Crippen LogP contribution in [0.4, 0.5) is 5.82 Å². The van der Waals surface area contributed by atoms with E-state index in [0.717, 1.165) is 24.9 Å². The van der Waals surface area contributed by atoms with Gasteiger partial charge in [0.05, 0.1) is 11.4 Å². The highest BCUT2D eigenvalue weighted by Crippen LogP contribution is 2.32. The molecule has 1 unspecified atom stereocenters. The van der Waals surface area contributed by atoms with Gasteiger partial charge in [0, 0.05) is 18.2 Å². The molecule has 186 valence electrons. The summed E-state index contributed by atoms with van der Waals surface area (Å²) in [5.41, 5.74) is 10.5. The molecule has 1 atom stereocenters. The number of hydrogen-bond donors (Lipinski definition) is 2. The Morgan fingerprint density at radius 1 is 1.26 bits per heavy atom. The van der Waals surface area contributed by atoms with Crippen LogP contribution < -0.4 is 20.6 Å². The first kappa shape index (κ1) is 24.4. The summed E-state index contributed by atoms with van der Waals surface area (Å²) >= 11 is 0. The Labute approximate surface area is 207 Å². The number of nitrogens with one attached hydrogen (secondary N) is 1. The van der Waals surface area contributed by atoms with Crippen LogP contribution in [0.25, 0.3) is 5.82 Å². The van der Waals surface area contributed by atoms with Crippen molar-refractivity contribution in [2.45, 2.75) is 45.7 Å². The highest BCUT2D eigenvalue weighted by Gasteiger charge is 2.28. The van der Waals surface area contributed by atoms with E-state index in [1.165, 1.54) is 11.1 Å². The maximum absolute atomic E-state index is 13.1. The molecule has 0 bridgehead atoms. The molecule has 1 aromatic carbocycles. The number of aromatic nitrogens is 5. The molecule has 0 radical (unpaired) electrons. The molecule has 4 heterocycles. The summed E-state index contributed by atoms with van der Waals surface area (Å²) in [4.78, 5) is 15.4. The molecule has 14 heteroatoms. The van der Waals surface area contributed by atoms with Crippen LogP contribution in [0.1, 0.15) is 54.9 Å². The average molecular weight is 504 g/mol. The van der Waals surface area contributed by atoms with Crippen molar-refractivity contribution in [1.82, 2.24) is 35.6 Å². The van der Waals surface area contributed by atoms with Crippen molar-refractivity contribution in [1.29, 1.82) is 0 Å². The van der Waals surface area contributed by atoms with Crippen LogP contribution in [-0.2, 0) is 6.54 Å². The maximum atomic E-state index is 13.1. The number of halogens is 1. The van der Waals surface area contributed by atoms with E-state index in [9.17, 15) is 4.79 Å². The zero-order valence-corrected chi connectivity index (χ0v) is 20.1. The quantitative estimate of drug-likeness (QED) is 0.375. The lowest BCUT2D eigenvalue weighted by molar-refractivity contribution is 0.0944. The van der Waals surface area contributed by atoms with Gasteiger partial charge in [0.2, 0.25) is 18.4 Å². The number of likely N-dealkylation sites (tertiary alicyclic amines) is 1. The normalized spacial score (nSPS) is 17.8. The van der Waals surface area contributed by atoms with E-state index in [0.29, 0.717) is 35.5 Å². The number of anilines is 1. The molecule has 0 spiro atoms. The van der Waals surface area contributed by atoms with E-state index in [2.05, 4.69) is 43.0 Å². The molecule has 5 rings (SSSR count). The number of rotatable bonds is 6. The molecule has 1 saturated heterocycles. The van der Waals surface area contributed by atoms with Crippen molar-refractivity contribution in [3.63, 3.8) is 0 Å². The summed E-state index contributed by atoms with van der Waals surface area (Å²) in [6, 6.07) is 5.82. The van der Waals surface area contributed by atoms with E-state index in [1.54, 1.807) is 13.0 Å². The molecule has 0 saturated carbocycles. The first-order valence-electron chi connectivity index (χ1n) is 11.0. The van der Waals surface area contributed by atoms with Crippen LogP contribution in [0.5, 0.6) is 11.5 Å². The minimum Gasteiger partial charge on any atom is -0.454 e. The minimum absolute atomic E-state index is 0. The molecular weight excluding hydrogens is 478 g/mol. The van der Waals surface area contributed by atoms with Crippen LogP contribution in [0.2, 0.25) is 0 Å². The number of ether oxygens (including phenoxy) is 2. The second kappa shape index (κ2) is 10.3. The summed E-state index contributed by atoms with van der Waals surface area (Å²) in [5.74, 6) is 1.06. The number of carbonyl (C=O) groups is 1. The third kappa shape index (κ3) is 4.91. The Hall–Kier alpha value is -3.71. The zero-order chi connectivity index (χ0) is 23.7. The fraction of sp³-hybridized carbons (Fsp3) is 0.429. The third-order valence-corrected chi connectivity index (χ3v) is 6.08. The fourth-order valence-corrected chi connectivity index (χ4v) is 4.09. The SMILES string of the molecule is C/C(=N/NC(=O)c1nnn(-c2nonc2N)c1CN1CCCCC1C)c1ccc2c(c1)OCO2.Cl. The number of amides is 1. The summed E-state index contributed by atoms with van der Waals surface area (Å²) in [5, 5.41) is 19.9. The van der Waals surface area contributed by atoms with E-state index in [1.807, 2.05) is 12.1 Å². The average Bonchev–Trinajstić information content (AvgIpc) is 3.57. The molecule has 2 aliphatic rings. The van der Waals surface area contributed by atoms with Gasteiger partial charge in [0.15, 0.2) is 17.2 Å².